The lowest BCUT2D eigenvalue weighted by molar-refractivity contribution is 0.764. The van der Waals surface area contributed by atoms with Crippen LogP contribution in [0.1, 0.15) is 17.1 Å². The van der Waals surface area contributed by atoms with Crippen molar-refractivity contribution in [2.75, 3.05) is 7.05 Å². The first-order chi connectivity index (χ1) is 10.1. The SMILES string of the molecule is CNCc1cc2ccccc2c(-n2nc(C)c(Cl)c2C)n1. The molecule has 21 heavy (non-hydrogen) atoms. The molecule has 3 aromatic rings. The number of nitrogens with zero attached hydrogens (tertiary/aromatic N) is 3. The molecule has 1 aromatic carbocycles. The quantitative estimate of drug-likeness (QED) is 0.806. The van der Waals surface area contributed by atoms with E-state index < -0.39 is 0 Å². The van der Waals surface area contributed by atoms with Crippen LogP contribution in [-0.4, -0.2) is 21.8 Å². The molecule has 0 fully saturated rings. The molecule has 0 spiro atoms. The summed E-state index contributed by atoms with van der Waals surface area (Å²) in [5.41, 5.74) is 2.71. The predicted octanol–water partition coefficient (Wildman–Crippen LogP) is 3.41. The zero-order valence-electron chi connectivity index (χ0n) is 12.3. The molecule has 0 unspecified atom stereocenters. The molecule has 2 heterocycles. The molecule has 0 aliphatic carbocycles. The maximum absolute atomic E-state index is 6.28. The van der Waals surface area contributed by atoms with Gasteiger partial charge in [-0.3, -0.25) is 0 Å². The zero-order chi connectivity index (χ0) is 15.0. The summed E-state index contributed by atoms with van der Waals surface area (Å²) < 4.78 is 1.83. The molecule has 5 heteroatoms. The van der Waals surface area contributed by atoms with E-state index in [4.69, 9.17) is 16.6 Å². The van der Waals surface area contributed by atoms with Gasteiger partial charge in [0.1, 0.15) is 0 Å². The Morgan fingerprint density at radius 3 is 2.67 bits per heavy atom. The van der Waals surface area contributed by atoms with E-state index >= 15 is 0 Å². The lowest BCUT2D eigenvalue weighted by atomic mass is 10.1. The van der Waals surface area contributed by atoms with Crippen LogP contribution in [0.2, 0.25) is 5.02 Å². The van der Waals surface area contributed by atoms with Crippen molar-refractivity contribution in [2.45, 2.75) is 20.4 Å². The van der Waals surface area contributed by atoms with Crippen LogP contribution in [0.15, 0.2) is 30.3 Å². The van der Waals surface area contributed by atoms with Gasteiger partial charge in [-0.25, -0.2) is 9.67 Å². The van der Waals surface area contributed by atoms with Gasteiger partial charge in [-0.05, 0) is 32.3 Å². The van der Waals surface area contributed by atoms with Crippen molar-refractivity contribution in [1.29, 1.82) is 0 Å². The van der Waals surface area contributed by atoms with Crippen molar-refractivity contribution in [3.8, 4) is 5.82 Å². The largest absolute Gasteiger partial charge is 0.314 e. The molecule has 0 atom stereocenters. The highest BCUT2D eigenvalue weighted by Gasteiger charge is 2.15. The molecular weight excluding hydrogens is 284 g/mol. The summed E-state index contributed by atoms with van der Waals surface area (Å²) in [5.74, 6) is 0.825. The van der Waals surface area contributed by atoms with Crippen molar-refractivity contribution < 1.29 is 0 Å². The molecular formula is C16H17ClN4. The topological polar surface area (TPSA) is 42.7 Å². The van der Waals surface area contributed by atoms with Crippen molar-refractivity contribution in [3.63, 3.8) is 0 Å². The highest BCUT2D eigenvalue weighted by Crippen LogP contribution is 2.26. The minimum atomic E-state index is 0.694. The molecule has 4 nitrogen and oxygen atoms in total. The van der Waals surface area contributed by atoms with Crippen LogP contribution >= 0.6 is 11.6 Å². The number of hydrogen-bond acceptors (Lipinski definition) is 3. The Labute approximate surface area is 128 Å². The Balaban J connectivity index is 2.31. The molecule has 1 N–H and O–H groups in total. The molecule has 3 rings (SSSR count). The van der Waals surface area contributed by atoms with Crippen LogP contribution in [0, 0.1) is 13.8 Å². The molecule has 0 saturated heterocycles. The van der Waals surface area contributed by atoms with Gasteiger partial charge < -0.3 is 5.32 Å². The number of halogens is 1. The predicted molar refractivity (Wildman–Crippen MR) is 86.1 cm³/mol. The summed E-state index contributed by atoms with van der Waals surface area (Å²) >= 11 is 6.28. The third kappa shape index (κ3) is 2.41. The number of aromatic nitrogens is 3. The van der Waals surface area contributed by atoms with Crippen LogP contribution < -0.4 is 5.32 Å². The number of fused-ring (bicyclic) bond motifs is 1. The average molecular weight is 301 g/mol. The van der Waals surface area contributed by atoms with Gasteiger partial charge in [0, 0.05) is 11.9 Å². The lowest BCUT2D eigenvalue weighted by Gasteiger charge is -2.10. The van der Waals surface area contributed by atoms with Crippen molar-refractivity contribution >= 4 is 22.4 Å². The molecule has 2 aromatic heterocycles. The van der Waals surface area contributed by atoms with Gasteiger partial charge in [-0.15, -0.1) is 0 Å². The van der Waals surface area contributed by atoms with E-state index in [0.29, 0.717) is 11.6 Å². The van der Waals surface area contributed by atoms with Gasteiger partial charge in [-0.2, -0.15) is 5.10 Å². The molecule has 0 saturated carbocycles. The van der Waals surface area contributed by atoms with E-state index in [1.165, 1.54) is 0 Å². The highest BCUT2D eigenvalue weighted by molar-refractivity contribution is 6.31. The fourth-order valence-corrected chi connectivity index (χ4v) is 2.62. The first-order valence-corrected chi connectivity index (χ1v) is 7.25. The summed E-state index contributed by atoms with van der Waals surface area (Å²) in [4.78, 5) is 4.76. The summed E-state index contributed by atoms with van der Waals surface area (Å²) in [6, 6.07) is 10.3. The van der Waals surface area contributed by atoms with Crippen LogP contribution in [0.4, 0.5) is 0 Å². The molecule has 0 aliphatic heterocycles. The Morgan fingerprint density at radius 2 is 2.00 bits per heavy atom. The van der Waals surface area contributed by atoms with Crippen LogP contribution in [0.3, 0.4) is 0 Å². The van der Waals surface area contributed by atoms with E-state index in [0.717, 1.165) is 33.7 Å². The number of nitrogens with one attached hydrogen (secondary N) is 1. The fourth-order valence-electron chi connectivity index (χ4n) is 2.50. The second-order valence-corrected chi connectivity index (χ2v) is 5.46. The van der Waals surface area contributed by atoms with Crippen molar-refractivity contribution in [1.82, 2.24) is 20.1 Å². The Hall–Kier alpha value is -1.91. The van der Waals surface area contributed by atoms with Gasteiger partial charge in [0.2, 0.25) is 0 Å². The monoisotopic (exact) mass is 300 g/mol. The molecule has 0 aliphatic rings. The van der Waals surface area contributed by atoms with Crippen LogP contribution in [0.5, 0.6) is 0 Å². The minimum Gasteiger partial charge on any atom is -0.314 e. The van der Waals surface area contributed by atoms with Crippen molar-refractivity contribution in [2.24, 2.45) is 0 Å². The summed E-state index contributed by atoms with van der Waals surface area (Å²) in [6.07, 6.45) is 0. The number of benzene rings is 1. The van der Waals surface area contributed by atoms with Gasteiger partial charge >= 0.3 is 0 Å². The molecule has 108 valence electrons. The van der Waals surface area contributed by atoms with E-state index in [-0.39, 0.29) is 0 Å². The second-order valence-electron chi connectivity index (χ2n) is 5.09. The maximum Gasteiger partial charge on any atom is 0.161 e. The van der Waals surface area contributed by atoms with Crippen LogP contribution in [-0.2, 0) is 6.54 Å². The number of hydrogen-bond donors (Lipinski definition) is 1. The van der Waals surface area contributed by atoms with E-state index in [1.807, 2.05) is 37.7 Å². The maximum atomic E-state index is 6.28. The Kier molecular flexibility index (Phi) is 3.66. The van der Waals surface area contributed by atoms with Crippen molar-refractivity contribution in [3.05, 3.63) is 52.4 Å². The first kappa shape index (κ1) is 14.0. The number of pyridine rings is 1. The average Bonchev–Trinajstić information content (AvgIpc) is 2.74. The first-order valence-electron chi connectivity index (χ1n) is 6.87. The number of aryl methyl sites for hydroxylation is 1. The molecule has 0 radical (unpaired) electrons. The summed E-state index contributed by atoms with van der Waals surface area (Å²) in [6.45, 7) is 4.58. The zero-order valence-corrected chi connectivity index (χ0v) is 13.1. The van der Waals surface area contributed by atoms with Gasteiger partial charge in [0.05, 0.1) is 22.1 Å². The Morgan fingerprint density at radius 1 is 1.24 bits per heavy atom. The van der Waals surface area contributed by atoms with Gasteiger partial charge in [0.15, 0.2) is 5.82 Å². The van der Waals surface area contributed by atoms with E-state index in [9.17, 15) is 0 Å². The molecule has 0 bridgehead atoms. The summed E-state index contributed by atoms with van der Waals surface area (Å²) in [7, 11) is 1.91. The highest BCUT2D eigenvalue weighted by atomic mass is 35.5. The van der Waals surface area contributed by atoms with E-state index in [2.05, 4.69) is 28.6 Å². The normalized spacial score (nSPS) is 11.2. The van der Waals surface area contributed by atoms with E-state index in [1.54, 1.807) is 0 Å². The third-order valence-electron chi connectivity index (χ3n) is 3.53. The minimum absolute atomic E-state index is 0.694. The second kappa shape index (κ2) is 5.47. The Bertz CT molecular complexity index is 807. The fraction of sp³-hybridized carbons (Fsp3) is 0.250. The number of rotatable bonds is 3. The summed E-state index contributed by atoms with van der Waals surface area (Å²) in [5, 5.41) is 10.6. The molecule has 0 amide bonds. The van der Waals surface area contributed by atoms with Crippen LogP contribution in [0.25, 0.3) is 16.6 Å². The smallest absolute Gasteiger partial charge is 0.161 e. The standard InChI is InChI=1S/C16H17ClN4/c1-10-15(17)11(2)21(20-10)16-14-7-5-4-6-12(14)8-13(19-16)9-18-3/h4-8,18H,9H2,1-3H3. The third-order valence-corrected chi connectivity index (χ3v) is 4.08. The van der Waals surface area contributed by atoms with Gasteiger partial charge in [-0.1, -0.05) is 35.9 Å². The lowest BCUT2D eigenvalue weighted by Crippen LogP contribution is -2.10. The van der Waals surface area contributed by atoms with Gasteiger partial charge in [0.25, 0.3) is 0 Å².